The van der Waals surface area contributed by atoms with Crippen molar-refractivity contribution in [1.82, 2.24) is 4.57 Å². The van der Waals surface area contributed by atoms with Gasteiger partial charge in [0.05, 0.1) is 45.1 Å². The third-order valence-corrected chi connectivity index (χ3v) is 7.15. The molecule has 1 aromatic heterocycles. The molecule has 0 radical (unpaired) electrons. The Morgan fingerprint density at radius 1 is 0.871 bits per heavy atom. The number of hydrogen-bond acceptors (Lipinski definition) is 2. The molecule has 3 aromatic rings. The highest BCUT2D eigenvalue weighted by Gasteiger charge is 2.28. The Morgan fingerprint density at radius 2 is 1.48 bits per heavy atom. The van der Waals surface area contributed by atoms with Crippen LogP contribution in [0, 0.1) is 0 Å². The van der Waals surface area contributed by atoms with Crippen LogP contribution < -0.4 is 14.4 Å². The van der Waals surface area contributed by atoms with Crippen LogP contribution in [0.2, 0.25) is 20.1 Å². The Bertz CT molecular complexity index is 1240. The Kier molecular flexibility index (Phi) is 6.19. The van der Waals surface area contributed by atoms with Crippen molar-refractivity contribution >= 4 is 74.9 Å². The zero-order chi connectivity index (χ0) is 22.4. The van der Waals surface area contributed by atoms with Crippen LogP contribution in [0.4, 0.5) is 11.4 Å². The van der Waals surface area contributed by atoms with Crippen molar-refractivity contribution in [2.45, 2.75) is 20.4 Å². The Morgan fingerprint density at radius 3 is 2.13 bits per heavy atom. The van der Waals surface area contributed by atoms with Gasteiger partial charge in [0, 0.05) is 31.8 Å². The van der Waals surface area contributed by atoms with Crippen molar-refractivity contribution < 1.29 is 4.57 Å². The van der Waals surface area contributed by atoms with Crippen LogP contribution in [0.15, 0.2) is 42.2 Å². The van der Waals surface area contributed by atoms with Gasteiger partial charge in [-0.2, -0.15) is 0 Å². The molecule has 2 aromatic carbocycles. The summed E-state index contributed by atoms with van der Waals surface area (Å²) in [7, 11) is 4.07. The van der Waals surface area contributed by atoms with E-state index in [1.807, 2.05) is 38.4 Å². The number of nitrogens with zero attached hydrogens (tertiary/aromatic N) is 4. The van der Waals surface area contributed by atoms with Crippen LogP contribution >= 0.6 is 46.4 Å². The summed E-state index contributed by atoms with van der Waals surface area (Å²) in [4.78, 5) is 4.34. The molecule has 4 rings (SSSR count). The fourth-order valence-corrected chi connectivity index (χ4v) is 4.80. The number of hydrogen-bond donors (Lipinski definition) is 0. The third-order valence-electron chi connectivity index (χ3n) is 5.70. The van der Waals surface area contributed by atoms with Gasteiger partial charge >= 0.3 is 0 Å². The number of allylic oxidation sites excluding steroid dienone is 2. The monoisotopic (exact) mass is 495 g/mol. The standard InChI is InChI=1S/C23H23Cl4N4/c1-5-30-20-12-16(26)14(24)10-18(20)28(3)22(30)8-7-9-23-29(4)19-11-15(25)17(27)13-21(19)31(23)6-2/h7-13H,5-6H2,1-4H3/q+1. The summed E-state index contributed by atoms with van der Waals surface area (Å²) in [5.41, 5.74) is 4.18. The molecule has 0 amide bonds. The van der Waals surface area contributed by atoms with E-state index in [2.05, 4.69) is 51.0 Å². The van der Waals surface area contributed by atoms with E-state index in [0.717, 1.165) is 47.1 Å². The molecule has 4 nitrogen and oxygen atoms in total. The highest BCUT2D eigenvalue weighted by molar-refractivity contribution is 6.43. The van der Waals surface area contributed by atoms with Gasteiger partial charge in [0.15, 0.2) is 11.0 Å². The van der Waals surface area contributed by atoms with Crippen LogP contribution in [-0.4, -0.2) is 18.2 Å². The number of benzene rings is 2. The maximum atomic E-state index is 6.27. The fraction of sp³-hybridized carbons (Fsp3) is 0.261. The van der Waals surface area contributed by atoms with Gasteiger partial charge in [0.2, 0.25) is 0 Å². The smallest absolute Gasteiger partial charge is 0.282 e. The van der Waals surface area contributed by atoms with Gasteiger partial charge in [-0.25, -0.2) is 9.13 Å². The lowest BCUT2D eigenvalue weighted by Crippen LogP contribution is -2.31. The van der Waals surface area contributed by atoms with Gasteiger partial charge in [0.25, 0.3) is 5.82 Å². The first-order valence-electron chi connectivity index (χ1n) is 10.0. The molecular formula is C23H23Cl4N4+. The van der Waals surface area contributed by atoms with Gasteiger partial charge in [-0.15, -0.1) is 0 Å². The van der Waals surface area contributed by atoms with Crippen molar-refractivity contribution in [3.8, 4) is 0 Å². The van der Waals surface area contributed by atoms with E-state index in [1.165, 1.54) is 0 Å². The quantitative estimate of drug-likeness (QED) is 0.364. The number of halogens is 4. The van der Waals surface area contributed by atoms with Crippen molar-refractivity contribution in [2.75, 3.05) is 23.4 Å². The van der Waals surface area contributed by atoms with Gasteiger partial charge in [-0.3, -0.25) is 0 Å². The molecule has 0 N–H and O–H groups in total. The molecule has 2 heterocycles. The summed E-state index contributed by atoms with van der Waals surface area (Å²) in [6, 6.07) is 7.67. The maximum Gasteiger partial charge on any atom is 0.282 e. The second-order valence-corrected chi connectivity index (χ2v) is 8.99. The molecular weight excluding hydrogens is 474 g/mol. The SMILES string of the molecule is CCN1C(=CC=Cc2n(CC)c3cc(Cl)c(Cl)cc3[n+]2C)N(C)c2cc(Cl)c(Cl)cc21. The van der Waals surface area contributed by atoms with E-state index < -0.39 is 0 Å². The molecule has 1 aliphatic rings. The van der Waals surface area contributed by atoms with Crippen molar-refractivity contribution in [3.63, 3.8) is 0 Å². The molecule has 31 heavy (non-hydrogen) atoms. The van der Waals surface area contributed by atoms with Crippen LogP contribution in [0.1, 0.15) is 19.7 Å². The van der Waals surface area contributed by atoms with Crippen LogP contribution in [0.3, 0.4) is 0 Å². The molecule has 0 saturated carbocycles. The minimum atomic E-state index is 0.553. The number of imidazole rings is 1. The molecule has 162 valence electrons. The van der Waals surface area contributed by atoms with Crippen molar-refractivity contribution in [2.24, 2.45) is 7.05 Å². The van der Waals surface area contributed by atoms with E-state index >= 15 is 0 Å². The second-order valence-electron chi connectivity index (χ2n) is 7.36. The van der Waals surface area contributed by atoms with E-state index in [1.54, 1.807) is 0 Å². The van der Waals surface area contributed by atoms with Gasteiger partial charge in [-0.1, -0.05) is 52.5 Å². The van der Waals surface area contributed by atoms with Crippen LogP contribution in [0.5, 0.6) is 0 Å². The summed E-state index contributed by atoms with van der Waals surface area (Å²) >= 11 is 25.1. The largest absolute Gasteiger partial charge is 0.329 e. The number of anilines is 2. The number of fused-ring (bicyclic) bond motifs is 2. The number of aromatic nitrogens is 2. The average Bonchev–Trinajstić information content (AvgIpc) is 3.14. The molecule has 1 aliphatic heterocycles. The molecule has 0 fully saturated rings. The normalized spacial score (nSPS) is 15.2. The first-order chi connectivity index (χ1) is 14.8. The lowest BCUT2D eigenvalue weighted by Gasteiger charge is -2.20. The average molecular weight is 497 g/mol. The van der Waals surface area contributed by atoms with Gasteiger partial charge in [0.1, 0.15) is 5.82 Å². The highest BCUT2D eigenvalue weighted by Crippen LogP contribution is 2.44. The van der Waals surface area contributed by atoms with Gasteiger partial charge < -0.3 is 9.80 Å². The third kappa shape index (κ3) is 3.70. The van der Waals surface area contributed by atoms with Crippen LogP contribution in [0.25, 0.3) is 17.1 Å². The topological polar surface area (TPSA) is 15.3 Å². The molecule has 8 heteroatoms. The summed E-state index contributed by atoms with van der Waals surface area (Å²) in [5, 5.41) is 2.22. The van der Waals surface area contributed by atoms with Crippen LogP contribution in [-0.2, 0) is 13.6 Å². The molecule has 0 atom stereocenters. The number of rotatable bonds is 4. The van der Waals surface area contributed by atoms with Crippen molar-refractivity contribution in [3.05, 3.63) is 68.2 Å². The van der Waals surface area contributed by atoms with E-state index in [9.17, 15) is 0 Å². The highest BCUT2D eigenvalue weighted by atomic mass is 35.5. The molecule has 0 unspecified atom stereocenters. The fourth-order valence-electron chi connectivity index (χ4n) is 4.17. The molecule has 0 aliphatic carbocycles. The summed E-state index contributed by atoms with van der Waals surface area (Å²) in [6.07, 6.45) is 6.26. The minimum Gasteiger partial charge on any atom is -0.329 e. The van der Waals surface area contributed by atoms with Gasteiger partial charge in [-0.05, 0) is 32.1 Å². The number of aryl methyl sites for hydroxylation is 2. The van der Waals surface area contributed by atoms with E-state index in [0.29, 0.717) is 20.1 Å². The Hall–Kier alpha value is -1.85. The zero-order valence-electron chi connectivity index (χ0n) is 17.8. The molecule has 0 saturated heterocycles. The Balaban J connectivity index is 1.76. The predicted molar refractivity (Wildman–Crippen MR) is 134 cm³/mol. The first-order valence-corrected chi connectivity index (χ1v) is 11.6. The Labute approximate surface area is 202 Å². The summed E-state index contributed by atoms with van der Waals surface area (Å²) < 4.78 is 4.34. The lowest BCUT2D eigenvalue weighted by atomic mass is 10.2. The van der Waals surface area contributed by atoms with E-state index in [4.69, 9.17) is 46.4 Å². The zero-order valence-corrected chi connectivity index (χ0v) is 20.8. The minimum absolute atomic E-state index is 0.553. The summed E-state index contributed by atoms with van der Waals surface area (Å²) in [5.74, 6) is 2.11. The maximum absolute atomic E-state index is 6.27. The van der Waals surface area contributed by atoms with Crippen molar-refractivity contribution in [1.29, 1.82) is 0 Å². The molecule has 0 spiro atoms. The van der Waals surface area contributed by atoms with E-state index in [-0.39, 0.29) is 0 Å². The second kappa shape index (κ2) is 8.59. The lowest BCUT2D eigenvalue weighted by molar-refractivity contribution is -0.647. The summed E-state index contributed by atoms with van der Waals surface area (Å²) in [6.45, 7) is 5.86. The predicted octanol–water partition coefficient (Wildman–Crippen LogP) is 6.93. The molecule has 0 bridgehead atoms. The first kappa shape index (κ1) is 22.3.